The van der Waals surface area contributed by atoms with E-state index in [1.54, 1.807) is 11.8 Å². The van der Waals surface area contributed by atoms with Crippen molar-refractivity contribution in [2.75, 3.05) is 0 Å². The van der Waals surface area contributed by atoms with Crippen LogP contribution in [0.15, 0.2) is 29.2 Å². The van der Waals surface area contributed by atoms with Crippen LogP contribution in [0.3, 0.4) is 0 Å². The van der Waals surface area contributed by atoms with E-state index in [-0.39, 0.29) is 0 Å². The van der Waals surface area contributed by atoms with Gasteiger partial charge in [-0.3, -0.25) is 4.79 Å². The van der Waals surface area contributed by atoms with E-state index in [0.717, 1.165) is 30.6 Å². The highest BCUT2D eigenvalue weighted by molar-refractivity contribution is 8.01. The van der Waals surface area contributed by atoms with E-state index < -0.39 is 10.7 Å². The highest BCUT2D eigenvalue weighted by Crippen LogP contribution is 2.44. The van der Waals surface area contributed by atoms with Crippen LogP contribution in [-0.2, 0) is 4.79 Å². The lowest BCUT2D eigenvalue weighted by Gasteiger charge is -2.28. The SMILES string of the molecule is Cc1ccccc1SC1(C(=O)O)CCCCCC1. The first-order valence-corrected chi connectivity index (χ1v) is 7.44. The second kappa shape index (κ2) is 5.79. The minimum atomic E-state index is -0.641. The first kappa shape index (κ1) is 13.5. The van der Waals surface area contributed by atoms with Crippen molar-refractivity contribution in [2.24, 2.45) is 0 Å². The van der Waals surface area contributed by atoms with Crippen molar-refractivity contribution in [3.63, 3.8) is 0 Å². The van der Waals surface area contributed by atoms with Crippen LogP contribution in [0.1, 0.15) is 44.1 Å². The van der Waals surface area contributed by atoms with Crippen molar-refractivity contribution < 1.29 is 9.90 Å². The Labute approximate surface area is 113 Å². The topological polar surface area (TPSA) is 37.3 Å². The lowest BCUT2D eigenvalue weighted by molar-refractivity contribution is -0.140. The Bertz CT molecular complexity index is 420. The van der Waals surface area contributed by atoms with Crippen LogP contribution in [0, 0.1) is 6.92 Å². The van der Waals surface area contributed by atoms with E-state index in [0.29, 0.717) is 0 Å². The van der Waals surface area contributed by atoms with E-state index >= 15 is 0 Å². The number of carboxylic acid groups (broad SMARTS) is 1. The smallest absolute Gasteiger partial charge is 0.320 e. The predicted octanol–water partition coefficient (Wildman–Crippen LogP) is 4.26. The van der Waals surface area contributed by atoms with E-state index in [2.05, 4.69) is 13.0 Å². The van der Waals surface area contributed by atoms with Gasteiger partial charge in [0.05, 0.1) is 0 Å². The van der Waals surface area contributed by atoms with Crippen molar-refractivity contribution in [3.05, 3.63) is 29.8 Å². The van der Waals surface area contributed by atoms with Gasteiger partial charge in [0.15, 0.2) is 0 Å². The predicted molar refractivity (Wildman–Crippen MR) is 75.1 cm³/mol. The molecule has 0 spiro atoms. The molecule has 1 aliphatic carbocycles. The van der Waals surface area contributed by atoms with E-state index in [1.807, 2.05) is 18.2 Å². The molecule has 0 aromatic heterocycles. The Balaban J connectivity index is 2.25. The highest BCUT2D eigenvalue weighted by atomic mass is 32.2. The summed E-state index contributed by atoms with van der Waals surface area (Å²) in [5.74, 6) is -0.641. The second-order valence-corrected chi connectivity index (χ2v) is 6.51. The lowest BCUT2D eigenvalue weighted by Crippen LogP contribution is -2.34. The maximum Gasteiger partial charge on any atom is 0.320 e. The molecule has 1 aliphatic rings. The van der Waals surface area contributed by atoms with Crippen LogP contribution < -0.4 is 0 Å². The Morgan fingerprint density at radius 2 is 1.78 bits per heavy atom. The summed E-state index contributed by atoms with van der Waals surface area (Å²) in [6.45, 7) is 2.05. The number of benzene rings is 1. The van der Waals surface area contributed by atoms with E-state index in [9.17, 15) is 9.90 Å². The minimum absolute atomic E-state index is 0.609. The average Bonchev–Trinajstić information content (AvgIpc) is 2.59. The molecular weight excluding hydrogens is 244 g/mol. The van der Waals surface area contributed by atoms with Gasteiger partial charge in [-0.1, -0.05) is 43.9 Å². The molecule has 0 amide bonds. The Hall–Kier alpha value is -0.960. The largest absolute Gasteiger partial charge is 0.480 e. The van der Waals surface area contributed by atoms with Crippen LogP contribution >= 0.6 is 11.8 Å². The molecule has 18 heavy (non-hydrogen) atoms. The van der Waals surface area contributed by atoms with Crippen molar-refractivity contribution in [3.8, 4) is 0 Å². The van der Waals surface area contributed by atoms with Crippen LogP contribution in [0.2, 0.25) is 0 Å². The molecule has 1 aromatic rings. The maximum atomic E-state index is 11.7. The summed E-state index contributed by atoms with van der Waals surface area (Å²) in [5, 5.41) is 9.65. The standard InChI is InChI=1S/C15H20O2S/c1-12-8-4-5-9-13(12)18-15(14(16)17)10-6-2-3-7-11-15/h4-5,8-9H,2-3,6-7,10-11H2,1H3,(H,16,17). The molecule has 0 bridgehead atoms. The number of aliphatic carboxylic acids is 1. The number of aryl methyl sites for hydroxylation is 1. The first-order chi connectivity index (χ1) is 8.64. The molecule has 98 valence electrons. The van der Waals surface area contributed by atoms with Gasteiger partial charge in [-0.2, -0.15) is 0 Å². The molecule has 2 rings (SSSR count). The Kier molecular flexibility index (Phi) is 4.33. The maximum absolute atomic E-state index is 11.7. The molecule has 2 nitrogen and oxygen atoms in total. The Morgan fingerprint density at radius 1 is 1.17 bits per heavy atom. The molecule has 1 fully saturated rings. The number of hydrogen-bond acceptors (Lipinski definition) is 2. The third-order valence-corrected chi connectivity index (χ3v) is 5.35. The molecule has 0 radical (unpaired) electrons. The fourth-order valence-electron chi connectivity index (χ4n) is 2.54. The number of rotatable bonds is 3. The first-order valence-electron chi connectivity index (χ1n) is 6.62. The van der Waals surface area contributed by atoms with E-state index in [4.69, 9.17) is 0 Å². The van der Waals surface area contributed by atoms with Gasteiger partial charge in [-0.05, 0) is 31.4 Å². The molecule has 0 aliphatic heterocycles. The van der Waals surface area contributed by atoms with Gasteiger partial charge in [0.25, 0.3) is 0 Å². The van der Waals surface area contributed by atoms with Gasteiger partial charge in [0.2, 0.25) is 0 Å². The number of carboxylic acids is 1. The van der Waals surface area contributed by atoms with E-state index in [1.165, 1.54) is 18.4 Å². The zero-order valence-electron chi connectivity index (χ0n) is 10.8. The monoisotopic (exact) mass is 264 g/mol. The zero-order valence-corrected chi connectivity index (χ0v) is 11.6. The summed E-state index contributed by atoms with van der Waals surface area (Å²) in [5.41, 5.74) is 1.17. The fraction of sp³-hybridized carbons (Fsp3) is 0.533. The second-order valence-electron chi connectivity index (χ2n) is 5.08. The van der Waals surface area contributed by atoms with Gasteiger partial charge >= 0.3 is 5.97 Å². The van der Waals surface area contributed by atoms with Crippen molar-refractivity contribution >= 4 is 17.7 Å². The van der Waals surface area contributed by atoms with Gasteiger partial charge in [-0.25, -0.2) is 0 Å². The molecule has 0 heterocycles. The summed E-state index contributed by atoms with van der Waals surface area (Å²) in [4.78, 5) is 12.8. The number of thioether (sulfide) groups is 1. The molecule has 0 unspecified atom stereocenters. The lowest BCUT2D eigenvalue weighted by atomic mass is 9.99. The molecule has 0 saturated heterocycles. The molecule has 3 heteroatoms. The third kappa shape index (κ3) is 2.89. The number of hydrogen-bond donors (Lipinski definition) is 1. The van der Waals surface area contributed by atoms with Gasteiger partial charge in [0.1, 0.15) is 4.75 Å². The average molecular weight is 264 g/mol. The fourth-order valence-corrected chi connectivity index (χ4v) is 3.92. The molecule has 1 saturated carbocycles. The van der Waals surface area contributed by atoms with Crippen molar-refractivity contribution in [2.45, 2.75) is 55.1 Å². The molecule has 1 aromatic carbocycles. The van der Waals surface area contributed by atoms with Gasteiger partial charge < -0.3 is 5.11 Å². The molecule has 1 N–H and O–H groups in total. The minimum Gasteiger partial charge on any atom is -0.480 e. The summed E-state index contributed by atoms with van der Waals surface area (Å²) in [6.07, 6.45) is 5.99. The summed E-state index contributed by atoms with van der Waals surface area (Å²) in [6, 6.07) is 8.08. The quantitative estimate of drug-likeness (QED) is 0.829. The molecular formula is C15H20O2S. The third-order valence-electron chi connectivity index (χ3n) is 3.70. The van der Waals surface area contributed by atoms with Crippen molar-refractivity contribution in [1.29, 1.82) is 0 Å². The zero-order chi connectivity index (χ0) is 13.0. The summed E-state index contributed by atoms with van der Waals surface area (Å²) < 4.78 is -0.609. The Morgan fingerprint density at radius 3 is 2.33 bits per heavy atom. The number of carbonyl (C=O) groups is 1. The highest BCUT2D eigenvalue weighted by Gasteiger charge is 2.39. The van der Waals surface area contributed by atoms with Crippen LogP contribution in [0.25, 0.3) is 0 Å². The van der Waals surface area contributed by atoms with Crippen LogP contribution in [0.5, 0.6) is 0 Å². The summed E-state index contributed by atoms with van der Waals surface area (Å²) in [7, 11) is 0. The molecule has 0 atom stereocenters. The summed E-state index contributed by atoms with van der Waals surface area (Å²) >= 11 is 1.56. The normalized spacial score (nSPS) is 19.2. The van der Waals surface area contributed by atoms with Crippen LogP contribution in [-0.4, -0.2) is 15.8 Å². The van der Waals surface area contributed by atoms with Gasteiger partial charge in [0, 0.05) is 4.90 Å². The van der Waals surface area contributed by atoms with Crippen LogP contribution in [0.4, 0.5) is 0 Å². The van der Waals surface area contributed by atoms with Gasteiger partial charge in [-0.15, -0.1) is 11.8 Å². The van der Waals surface area contributed by atoms with Crippen molar-refractivity contribution in [1.82, 2.24) is 0 Å².